The van der Waals surface area contributed by atoms with Crippen molar-refractivity contribution in [1.82, 2.24) is 19.9 Å². The molecule has 3 aromatic rings. The Labute approximate surface area is 191 Å². The molecule has 0 radical (unpaired) electrons. The van der Waals surface area contributed by atoms with Gasteiger partial charge in [0.15, 0.2) is 0 Å². The fourth-order valence-electron chi connectivity index (χ4n) is 3.22. The van der Waals surface area contributed by atoms with Crippen LogP contribution in [0, 0.1) is 17.3 Å². The van der Waals surface area contributed by atoms with E-state index in [2.05, 4.69) is 26.8 Å². The van der Waals surface area contributed by atoms with Crippen LogP contribution in [0.3, 0.4) is 0 Å². The van der Waals surface area contributed by atoms with Gasteiger partial charge in [-0.05, 0) is 41.8 Å². The zero-order chi connectivity index (χ0) is 23.0. The zero-order valence-electron chi connectivity index (χ0n) is 18.2. The number of aromatic nitrogens is 3. The number of pyridine rings is 1. The van der Waals surface area contributed by atoms with Crippen LogP contribution in [0.1, 0.15) is 33.0 Å². The number of benzene rings is 1. The molecule has 0 saturated carbocycles. The minimum Gasteiger partial charge on any atom is -0.481 e. The molecular weight excluding hydrogens is 418 g/mol. The minimum atomic E-state index is -0.0126. The van der Waals surface area contributed by atoms with Gasteiger partial charge < -0.3 is 24.8 Å². The van der Waals surface area contributed by atoms with Crippen molar-refractivity contribution in [3.63, 3.8) is 0 Å². The lowest BCUT2D eigenvalue weighted by Crippen LogP contribution is -2.40. The molecule has 0 bridgehead atoms. The third-order valence-corrected chi connectivity index (χ3v) is 5.03. The molecule has 4 rings (SSSR count). The van der Waals surface area contributed by atoms with Crippen LogP contribution in [0.15, 0.2) is 54.9 Å². The summed E-state index contributed by atoms with van der Waals surface area (Å²) in [4.78, 5) is 25.8. The van der Waals surface area contributed by atoms with Gasteiger partial charge in [0.1, 0.15) is 11.5 Å². The summed E-state index contributed by atoms with van der Waals surface area (Å²) in [6, 6.07) is 10.6. The van der Waals surface area contributed by atoms with Crippen LogP contribution in [0.25, 0.3) is 6.08 Å². The van der Waals surface area contributed by atoms with Gasteiger partial charge in [0.25, 0.3) is 5.91 Å². The molecule has 166 valence electrons. The Morgan fingerprint density at radius 2 is 1.91 bits per heavy atom. The molecule has 1 saturated heterocycles. The summed E-state index contributed by atoms with van der Waals surface area (Å²) in [6.07, 6.45) is 6.65. The maximum atomic E-state index is 12.5. The molecule has 1 fully saturated rings. The molecule has 1 amide bonds. The standard InChI is InChI=1S/C25H23N5O3/c1-32-24-16-18(10-11-27-24)2-7-21-17-28-23(29-21)9-8-22(26)19-3-5-20(6-4-19)25(31)30-12-14-33-15-13-30/h3-6,8-11,16-17,26H,12-15H2,1H3,(H,28,29)/b9-8-,26-22?. The maximum Gasteiger partial charge on any atom is 0.254 e. The average Bonchev–Trinajstić information content (AvgIpc) is 3.34. The van der Waals surface area contributed by atoms with E-state index in [9.17, 15) is 4.79 Å². The second-order valence-electron chi connectivity index (χ2n) is 7.25. The topological polar surface area (TPSA) is 104 Å². The number of hydrogen-bond donors (Lipinski definition) is 2. The van der Waals surface area contributed by atoms with E-state index in [0.717, 1.165) is 5.56 Å². The average molecular weight is 441 g/mol. The van der Waals surface area contributed by atoms with Crippen molar-refractivity contribution < 1.29 is 14.3 Å². The van der Waals surface area contributed by atoms with Crippen LogP contribution in [0.4, 0.5) is 0 Å². The van der Waals surface area contributed by atoms with Crippen molar-refractivity contribution in [2.75, 3.05) is 33.4 Å². The molecule has 33 heavy (non-hydrogen) atoms. The van der Waals surface area contributed by atoms with Crippen LogP contribution in [0.5, 0.6) is 5.88 Å². The summed E-state index contributed by atoms with van der Waals surface area (Å²) in [6.45, 7) is 2.34. The van der Waals surface area contributed by atoms with E-state index in [4.69, 9.17) is 14.9 Å². The van der Waals surface area contributed by atoms with Crippen molar-refractivity contribution in [3.8, 4) is 17.7 Å². The van der Waals surface area contributed by atoms with Crippen LogP contribution in [-0.4, -0.2) is 64.9 Å². The number of nitrogens with zero attached hydrogens (tertiary/aromatic N) is 3. The van der Waals surface area contributed by atoms with E-state index in [-0.39, 0.29) is 5.91 Å². The van der Waals surface area contributed by atoms with Gasteiger partial charge in [-0.2, -0.15) is 0 Å². The second-order valence-corrected chi connectivity index (χ2v) is 7.25. The summed E-state index contributed by atoms with van der Waals surface area (Å²) in [7, 11) is 1.56. The van der Waals surface area contributed by atoms with E-state index >= 15 is 0 Å². The number of rotatable bonds is 5. The van der Waals surface area contributed by atoms with Crippen molar-refractivity contribution in [1.29, 1.82) is 5.41 Å². The van der Waals surface area contributed by atoms with Crippen LogP contribution in [0.2, 0.25) is 0 Å². The molecule has 1 aliphatic heterocycles. The fourth-order valence-corrected chi connectivity index (χ4v) is 3.22. The van der Waals surface area contributed by atoms with Gasteiger partial charge >= 0.3 is 0 Å². The number of amides is 1. The molecule has 0 aliphatic carbocycles. The van der Waals surface area contributed by atoms with Crippen molar-refractivity contribution in [2.24, 2.45) is 0 Å². The Kier molecular flexibility index (Phi) is 6.93. The zero-order valence-corrected chi connectivity index (χ0v) is 18.2. The molecule has 3 heterocycles. The molecule has 2 N–H and O–H groups in total. The van der Waals surface area contributed by atoms with Gasteiger partial charge in [-0.25, -0.2) is 9.97 Å². The van der Waals surface area contributed by atoms with Gasteiger partial charge in [-0.3, -0.25) is 4.79 Å². The van der Waals surface area contributed by atoms with Crippen LogP contribution in [-0.2, 0) is 4.74 Å². The van der Waals surface area contributed by atoms with Crippen molar-refractivity contribution >= 4 is 17.7 Å². The predicted molar refractivity (Wildman–Crippen MR) is 124 cm³/mol. The number of morpholine rings is 1. The summed E-state index contributed by atoms with van der Waals surface area (Å²) in [5.74, 6) is 7.13. The highest BCUT2D eigenvalue weighted by Gasteiger charge is 2.18. The van der Waals surface area contributed by atoms with Gasteiger partial charge in [0, 0.05) is 36.5 Å². The molecule has 0 unspecified atom stereocenters. The number of imidazole rings is 1. The lowest BCUT2D eigenvalue weighted by atomic mass is 10.1. The Morgan fingerprint density at radius 3 is 2.67 bits per heavy atom. The molecule has 2 aromatic heterocycles. The van der Waals surface area contributed by atoms with Crippen molar-refractivity contribution in [2.45, 2.75) is 0 Å². The van der Waals surface area contributed by atoms with E-state index in [1.807, 2.05) is 0 Å². The lowest BCUT2D eigenvalue weighted by molar-refractivity contribution is 0.0303. The monoisotopic (exact) mass is 441 g/mol. The second kappa shape index (κ2) is 10.4. The van der Waals surface area contributed by atoms with Gasteiger partial charge in [-0.1, -0.05) is 18.1 Å². The predicted octanol–water partition coefficient (Wildman–Crippen LogP) is 2.77. The first kappa shape index (κ1) is 22.0. The summed E-state index contributed by atoms with van der Waals surface area (Å²) < 4.78 is 10.4. The van der Waals surface area contributed by atoms with Crippen LogP contribution < -0.4 is 4.74 Å². The maximum absolute atomic E-state index is 12.5. The molecular formula is C25H23N5O3. The number of ether oxygens (including phenoxy) is 2. The number of hydrogen-bond acceptors (Lipinski definition) is 6. The first-order valence-electron chi connectivity index (χ1n) is 10.4. The van der Waals surface area contributed by atoms with E-state index in [0.29, 0.717) is 60.5 Å². The number of H-pyrrole nitrogens is 1. The number of aromatic amines is 1. The molecule has 0 spiro atoms. The molecule has 0 atom stereocenters. The number of allylic oxidation sites excluding steroid dienone is 1. The highest BCUT2D eigenvalue weighted by molar-refractivity contribution is 6.09. The third-order valence-electron chi connectivity index (χ3n) is 5.03. The first-order valence-corrected chi connectivity index (χ1v) is 10.4. The Hall–Kier alpha value is -4.22. The normalized spacial score (nSPS) is 13.4. The fraction of sp³-hybridized carbons (Fsp3) is 0.200. The van der Waals surface area contributed by atoms with Gasteiger partial charge in [0.05, 0.1) is 32.2 Å². The molecule has 1 aliphatic rings. The van der Waals surface area contributed by atoms with E-state index in [1.54, 1.807) is 73.0 Å². The molecule has 1 aromatic carbocycles. The number of carbonyl (C=O) groups excluding carboxylic acids is 1. The SMILES string of the molecule is COc1cc(C#Cc2cnc(/C=C\C(=N)c3ccc(C(=O)N4CCOCC4)cc3)[nH]2)ccn1. The largest absolute Gasteiger partial charge is 0.481 e. The lowest BCUT2D eigenvalue weighted by Gasteiger charge is -2.26. The van der Waals surface area contributed by atoms with Crippen LogP contribution >= 0.6 is 0 Å². The van der Waals surface area contributed by atoms with Gasteiger partial charge in [-0.15, -0.1) is 0 Å². The number of nitrogens with one attached hydrogen (secondary N) is 2. The molecule has 8 nitrogen and oxygen atoms in total. The number of carbonyl (C=O) groups is 1. The van der Waals surface area contributed by atoms with Gasteiger partial charge in [0.2, 0.25) is 5.88 Å². The first-order chi connectivity index (χ1) is 16.1. The summed E-state index contributed by atoms with van der Waals surface area (Å²) in [5, 5.41) is 8.31. The summed E-state index contributed by atoms with van der Waals surface area (Å²) >= 11 is 0. The Balaban J connectivity index is 1.37. The Morgan fingerprint density at radius 1 is 1.15 bits per heavy atom. The van der Waals surface area contributed by atoms with Crippen molar-refractivity contribution in [3.05, 3.63) is 83.1 Å². The van der Waals surface area contributed by atoms with E-state index < -0.39 is 0 Å². The third kappa shape index (κ3) is 5.73. The highest BCUT2D eigenvalue weighted by atomic mass is 16.5. The highest BCUT2D eigenvalue weighted by Crippen LogP contribution is 2.11. The number of methoxy groups -OCH3 is 1. The minimum absolute atomic E-state index is 0.0126. The quantitative estimate of drug-likeness (QED) is 0.468. The summed E-state index contributed by atoms with van der Waals surface area (Å²) in [5.41, 5.74) is 3.07. The smallest absolute Gasteiger partial charge is 0.254 e. The molecule has 8 heteroatoms. The Bertz CT molecular complexity index is 1230. The van der Waals surface area contributed by atoms with E-state index in [1.165, 1.54) is 0 Å².